The highest BCUT2D eigenvalue weighted by molar-refractivity contribution is 14.0. The monoisotopic (exact) mass is 528 g/mol. The third kappa shape index (κ3) is 7.77. The van der Waals surface area contributed by atoms with E-state index in [1.54, 1.807) is 6.26 Å². The van der Waals surface area contributed by atoms with Crippen molar-refractivity contribution in [2.75, 3.05) is 60.5 Å². The fourth-order valence-corrected chi connectivity index (χ4v) is 3.27. The molecule has 8 nitrogen and oxygen atoms in total. The van der Waals surface area contributed by atoms with Crippen molar-refractivity contribution in [1.29, 1.82) is 0 Å². The summed E-state index contributed by atoms with van der Waals surface area (Å²) in [6.45, 7) is 6.96. The van der Waals surface area contributed by atoms with Crippen LogP contribution in [0.5, 0.6) is 5.75 Å². The molecule has 1 aromatic heterocycles. The number of nitrogens with zero attached hydrogens (tertiary/aromatic N) is 5. The number of likely N-dealkylation sites (N-methyl/N-ethyl adjacent to an activating group) is 1. The lowest BCUT2D eigenvalue weighted by atomic mass is 10.2. The van der Waals surface area contributed by atoms with Crippen LogP contribution in [-0.2, 0) is 13.1 Å². The Balaban J connectivity index is 0.00000320. The predicted molar refractivity (Wildman–Crippen MR) is 129 cm³/mol. The maximum Gasteiger partial charge on any atom is 0.194 e. The van der Waals surface area contributed by atoms with Gasteiger partial charge < -0.3 is 24.4 Å². The van der Waals surface area contributed by atoms with Crippen molar-refractivity contribution in [3.63, 3.8) is 0 Å². The van der Waals surface area contributed by atoms with E-state index in [0.717, 1.165) is 63.2 Å². The van der Waals surface area contributed by atoms with E-state index >= 15 is 0 Å². The average Bonchev–Trinajstić information content (AvgIpc) is 3.23. The molecule has 0 radical (unpaired) electrons. The number of aromatic nitrogens is 1. The van der Waals surface area contributed by atoms with E-state index in [1.165, 1.54) is 5.56 Å². The van der Waals surface area contributed by atoms with E-state index in [2.05, 4.69) is 42.3 Å². The number of aliphatic imine (C=N–C) groups is 1. The number of hydrogen-bond donors (Lipinski definition) is 1. The second kappa shape index (κ2) is 12.8. The van der Waals surface area contributed by atoms with Gasteiger partial charge in [0.05, 0.1) is 5.69 Å². The Kier molecular flexibility index (Phi) is 10.4. The van der Waals surface area contributed by atoms with Crippen molar-refractivity contribution in [2.24, 2.45) is 4.99 Å². The molecule has 3 rings (SSSR count). The molecule has 166 valence electrons. The van der Waals surface area contributed by atoms with Crippen LogP contribution in [0.3, 0.4) is 0 Å². The molecule has 0 atom stereocenters. The standard InChI is InChI=1S/C21H32N6O2.HI/c1-22-21(27-10-8-26(9-11-27)17-19-7-13-29-24-19)23-16-18-5-4-6-20(15-18)28-14-12-25(2)3;/h4-7,13,15H,8-12,14,16-17H2,1-3H3,(H,22,23);1H. The fraction of sp³-hybridized carbons (Fsp3) is 0.524. The van der Waals surface area contributed by atoms with Crippen LogP contribution >= 0.6 is 24.0 Å². The molecule has 2 aromatic rings. The van der Waals surface area contributed by atoms with Crippen molar-refractivity contribution in [1.82, 2.24) is 25.2 Å². The summed E-state index contributed by atoms with van der Waals surface area (Å²) in [5.74, 6) is 1.84. The average molecular weight is 528 g/mol. The third-order valence-electron chi connectivity index (χ3n) is 4.92. The van der Waals surface area contributed by atoms with Crippen LogP contribution in [0.25, 0.3) is 0 Å². The zero-order valence-corrected chi connectivity index (χ0v) is 20.4. The van der Waals surface area contributed by atoms with Gasteiger partial charge in [-0.1, -0.05) is 17.3 Å². The van der Waals surface area contributed by atoms with Crippen molar-refractivity contribution in [2.45, 2.75) is 13.1 Å². The highest BCUT2D eigenvalue weighted by Crippen LogP contribution is 2.13. The van der Waals surface area contributed by atoms with Crippen LogP contribution in [0.4, 0.5) is 0 Å². The lowest BCUT2D eigenvalue weighted by Gasteiger charge is -2.36. The first-order chi connectivity index (χ1) is 14.1. The second-order valence-electron chi connectivity index (χ2n) is 7.45. The molecule has 1 fully saturated rings. The molecule has 0 spiro atoms. The van der Waals surface area contributed by atoms with E-state index < -0.39 is 0 Å². The number of piperazine rings is 1. The number of halogens is 1. The molecule has 0 amide bonds. The highest BCUT2D eigenvalue weighted by atomic mass is 127. The normalized spacial score (nSPS) is 15.2. The van der Waals surface area contributed by atoms with Gasteiger partial charge in [-0.05, 0) is 31.8 Å². The summed E-state index contributed by atoms with van der Waals surface area (Å²) in [6, 6.07) is 10.2. The van der Waals surface area contributed by atoms with Crippen molar-refractivity contribution >= 4 is 29.9 Å². The highest BCUT2D eigenvalue weighted by Gasteiger charge is 2.20. The van der Waals surface area contributed by atoms with Gasteiger partial charge in [-0.2, -0.15) is 0 Å². The third-order valence-corrected chi connectivity index (χ3v) is 4.92. The predicted octanol–water partition coefficient (Wildman–Crippen LogP) is 2.13. The molecule has 0 bridgehead atoms. The molecule has 1 aliphatic rings. The van der Waals surface area contributed by atoms with Gasteiger partial charge >= 0.3 is 0 Å². The molecule has 2 heterocycles. The molecule has 0 aliphatic carbocycles. The van der Waals surface area contributed by atoms with Crippen molar-refractivity contribution in [3.8, 4) is 5.75 Å². The van der Waals surface area contributed by atoms with Crippen molar-refractivity contribution < 1.29 is 9.26 Å². The van der Waals surface area contributed by atoms with Crippen LogP contribution in [-0.4, -0.2) is 86.3 Å². The summed E-state index contributed by atoms with van der Waals surface area (Å²) in [4.78, 5) is 11.3. The smallest absolute Gasteiger partial charge is 0.194 e. The summed E-state index contributed by atoms with van der Waals surface area (Å²) in [5.41, 5.74) is 2.16. The summed E-state index contributed by atoms with van der Waals surface area (Å²) in [7, 11) is 5.93. The summed E-state index contributed by atoms with van der Waals surface area (Å²) in [5, 5.41) is 7.48. The van der Waals surface area contributed by atoms with Gasteiger partial charge in [0.1, 0.15) is 18.6 Å². The number of nitrogens with one attached hydrogen (secondary N) is 1. The Morgan fingerprint density at radius 2 is 2.03 bits per heavy atom. The summed E-state index contributed by atoms with van der Waals surface area (Å²) < 4.78 is 10.8. The molecule has 0 saturated carbocycles. The number of benzene rings is 1. The Labute approximate surface area is 196 Å². The SMILES string of the molecule is CN=C(NCc1cccc(OCCN(C)C)c1)N1CCN(Cc2ccon2)CC1.I. The molecule has 1 saturated heterocycles. The largest absolute Gasteiger partial charge is 0.492 e. The van der Waals surface area contributed by atoms with Gasteiger partial charge in [-0.15, -0.1) is 24.0 Å². The first kappa shape index (κ1) is 24.4. The Bertz CT molecular complexity index is 761. The Hall–Kier alpha value is -1.85. The van der Waals surface area contributed by atoms with Crippen molar-refractivity contribution in [3.05, 3.63) is 47.9 Å². The van der Waals surface area contributed by atoms with E-state index in [1.807, 2.05) is 39.3 Å². The lowest BCUT2D eigenvalue weighted by Crippen LogP contribution is -2.52. The topological polar surface area (TPSA) is 69.4 Å². The van der Waals surface area contributed by atoms with E-state index in [4.69, 9.17) is 9.26 Å². The molecule has 0 unspecified atom stereocenters. The second-order valence-corrected chi connectivity index (χ2v) is 7.45. The van der Waals surface area contributed by atoms with E-state index in [0.29, 0.717) is 6.61 Å². The molecule has 30 heavy (non-hydrogen) atoms. The zero-order chi connectivity index (χ0) is 20.5. The van der Waals surface area contributed by atoms with Gasteiger partial charge in [-0.3, -0.25) is 9.89 Å². The minimum absolute atomic E-state index is 0. The molecular formula is C21H33IN6O2. The van der Waals surface area contributed by atoms with Gasteiger partial charge in [0.2, 0.25) is 0 Å². The quantitative estimate of drug-likeness (QED) is 0.320. The van der Waals surface area contributed by atoms with E-state index in [-0.39, 0.29) is 24.0 Å². The maximum absolute atomic E-state index is 5.83. The van der Waals surface area contributed by atoms with Gasteiger partial charge in [0.25, 0.3) is 0 Å². The lowest BCUT2D eigenvalue weighted by molar-refractivity contribution is 0.169. The number of guanidine groups is 1. The fourth-order valence-electron chi connectivity index (χ4n) is 3.27. The molecule has 1 N–H and O–H groups in total. The zero-order valence-electron chi connectivity index (χ0n) is 18.1. The van der Waals surface area contributed by atoms with E-state index in [9.17, 15) is 0 Å². The Morgan fingerprint density at radius 3 is 2.70 bits per heavy atom. The Morgan fingerprint density at radius 1 is 1.23 bits per heavy atom. The van der Waals surface area contributed by atoms with Gasteiger partial charge in [0, 0.05) is 58.9 Å². The summed E-state index contributed by atoms with van der Waals surface area (Å²) >= 11 is 0. The van der Waals surface area contributed by atoms with Gasteiger partial charge in [-0.25, -0.2) is 0 Å². The first-order valence-corrected chi connectivity index (χ1v) is 10.1. The molecule has 9 heteroatoms. The summed E-state index contributed by atoms with van der Waals surface area (Å²) in [6.07, 6.45) is 1.62. The van der Waals surface area contributed by atoms with Crippen LogP contribution in [0.2, 0.25) is 0 Å². The number of rotatable bonds is 8. The minimum atomic E-state index is 0. The van der Waals surface area contributed by atoms with Crippen LogP contribution < -0.4 is 10.1 Å². The van der Waals surface area contributed by atoms with Crippen LogP contribution in [0.1, 0.15) is 11.3 Å². The number of hydrogen-bond acceptors (Lipinski definition) is 6. The molecular weight excluding hydrogens is 495 g/mol. The van der Waals surface area contributed by atoms with Gasteiger partial charge in [0.15, 0.2) is 5.96 Å². The van der Waals surface area contributed by atoms with Crippen LogP contribution in [0, 0.1) is 0 Å². The minimum Gasteiger partial charge on any atom is -0.492 e. The molecule has 1 aromatic carbocycles. The molecule has 1 aliphatic heterocycles. The first-order valence-electron chi connectivity index (χ1n) is 10.1. The maximum atomic E-state index is 5.83. The number of ether oxygens (including phenoxy) is 1. The van der Waals surface area contributed by atoms with Crippen LogP contribution in [0.15, 0.2) is 46.1 Å².